The van der Waals surface area contributed by atoms with Gasteiger partial charge in [-0.1, -0.05) is 26.2 Å². The van der Waals surface area contributed by atoms with Crippen molar-refractivity contribution < 1.29 is 14.7 Å². The summed E-state index contributed by atoms with van der Waals surface area (Å²) < 4.78 is 0. The van der Waals surface area contributed by atoms with Gasteiger partial charge in [-0.25, -0.2) is 0 Å². The molecule has 0 spiro atoms. The van der Waals surface area contributed by atoms with Gasteiger partial charge in [-0.3, -0.25) is 9.59 Å². The van der Waals surface area contributed by atoms with Gasteiger partial charge in [0.05, 0.1) is 5.92 Å². The summed E-state index contributed by atoms with van der Waals surface area (Å²) in [6.07, 6.45) is 7.59. The molecule has 18 heavy (non-hydrogen) atoms. The number of carbonyl (C=O) groups excluding carboxylic acids is 1. The average Bonchev–Trinajstić information content (AvgIpc) is 3.20. The van der Waals surface area contributed by atoms with Crippen molar-refractivity contribution in [1.82, 2.24) is 4.90 Å². The Labute approximate surface area is 108 Å². The number of hydrogen-bond acceptors (Lipinski definition) is 2. The Balaban J connectivity index is 1.95. The number of amides is 1. The molecule has 1 amide bonds. The van der Waals surface area contributed by atoms with Crippen molar-refractivity contribution in [3.8, 4) is 0 Å². The van der Waals surface area contributed by atoms with Crippen LogP contribution >= 0.6 is 0 Å². The Bertz CT molecular complexity index is 319. The lowest BCUT2D eigenvalue weighted by Crippen LogP contribution is -2.42. The highest BCUT2D eigenvalue weighted by molar-refractivity contribution is 5.80. The van der Waals surface area contributed by atoms with E-state index in [2.05, 4.69) is 0 Å². The minimum absolute atomic E-state index is 0.153. The Kier molecular flexibility index (Phi) is 4.25. The van der Waals surface area contributed by atoms with Crippen LogP contribution in [0.2, 0.25) is 0 Å². The van der Waals surface area contributed by atoms with Crippen molar-refractivity contribution in [2.45, 2.75) is 57.9 Å². The summed E-state index contributed by atoms with van der Waals surface area (Å²) in [6, 6.07) is 0.321. The summed E-state index contributed by atoms with van der Waals surface area (Å²) in [5.41, 5.74) is 0. The largest absolute Gasteiger partial charge is 0.481 e. The van der Waals surface area contributed by atoms with Crippen LogP contribution in [0, 0.1) is 11.8 Å². The summed E-state index contributed by atoms with van der Waals surface area (Å²) in [6.45, 7) is 2.07. The molecular weight excluding hydrogens is 230 g/mol. The van der Waals surface area contributed by atoms with Gasteiger partial charge in [0.25, 0.3) is 0 Å². The average molecular weight is 253 g/mol. The predicted molar refractivity (Wildman–Crippen MR) is 68.1 cm³/mol. The summed E-state index contributed by atoms with van der Waals surface area (Å²) in [4.78, 5) is 25.3. The summed E-state index contributed by atoms with van der Waals surface area (Å²) in [5, 5.41) is 8.99. The highest BCUT2D eigenvalue weighted by atomic mass is 16.4. The topological polar surface area (TPSA) is 57.6 Å². The number of carbonyl (C=O) groups is 2. The fourth-order valence-electron chi connectivity index (χ4n) is 2.76. The van der Waals surface area contributed by atoms with Gasteiger partial charge in [-0.2, -0.15) is 0 Å². The van der Waals surface area contributed by atoms with E-state index in [1.165, 1.54) is 6.42 Å². The molecule has 4 nitrogen and oxygen atoms in total. The fourth-order valence-corrected chi connectivity index (χ4v) is 2.76. The van der Waals surface area contributed by atoms with Crippen LogP contribution in [0.5, 0.6) is 0 Å². The third-order valence-corrected chi connectivity index (χ3v) is 4.12. The van der Waals surface area contributed by atoms with Gasteiger partial charge in [0.1, 0.15) is 0 Å². The van der Waals surface area contributed by atoms with Gasteiger partial charge in [-0.15, -0.1) is 0 Å². The minimum atomic E-state index is -0.808. The zero-order valence-corrected chi connectivity index (χ0v) is 11.1. The maximum absolute atomic E-state index is 12.5. The number of rotatable bonds is 5. The maximum Gasteiger partial charge on any atom is 0.308 e. The van der Waals surface area contributed by atoms with Crippen molar-refractivity contribution in [1.29, 1.82) is 0 Å². The molecule has 0 aromatic rings. The monoisotopic (exact) mass is 253 g/mol. The quantitative estimate of drug-likeness (QED) is 0.817. The lowest BCUT2D eigenvalue weighted by atomic mass is 9.88. The first-order chi connectivity index (χ1) is 8.59. The van der Waals surface area contributed by atoms with Crippen LogP contribution in [0.4, 0.5) is 0 Å². The molecule has 0 radical (unpaired) electrons. The molecule has 2 fully saturated rings. The maximum atomic E-state index is 12.5. The molecule has 0 heterocycles. The van der Waals surface area contributed by atoms with Gasteiger partial charge in [0.2, 0.25) is 5.91 Å². The number of carboxylic acid groups (broad SMARTS) is 1. The van der Waals surface area contributed by atoms with E-state index in [1.54, 1.807) is 6.92 Å². The SMILES string of the molecule is C[C@H](CN(C(=O)C1CCCCC1)C1CC1)C(=O)O. The number of nitrogens with zero attached hydrogens (tertiary/aromatic N) is 1. The lowest BCUT2D eigenvalue weighted by Gasteiger charge is -2.30. The van der Waals surface area contributed by atoms with Gasteiger partial charge in [0, 0.05) is 18.5 Å². The normalized spacial score (nSPS) is 22.5. The molecule has 102 valence electrons. The smallest absolute Gasteiger partial charge is 0.308 e. The Morgan fingerprint density at radius 1 is 1.17 bits per heavy atom. The first-order valence-corrected chi connectivity index (χ1v) is 7.13. The molecule has 2 aliphatic rings. The van der Waals surface area contributed by atoms with Gasteiger partial charge in [-0.05, 0) is 25.7 Å². The van der Waals surface area contributed by atoms with Crippen molar-refractivity contribution in [3.05, 3.63) is 0 Å². The summed E-state index contributed by atoms with van der Waals surface area (Å²) in [7, 11) is 0. The first-order valence-electron chi connectivity index (χ1n) is 7.13. The van der Waals surface area contributed by atoms with Gasteiger partial charge in [0.15, 0.2) is 0 Å². The number of hydrogen-bond donors (Lipinski definition) is 1. The van der Waals surface area contributed by atoms with Gasteiger partial charge >= 0.3 is 5.97 Å². The molecule has 2 saturated carbocycles. The first kappa shape index (κ1) is 13.4. The zero-order valence-electron chi connectivity index (χ0n) is 11.1. The number of aliphatic carboxylic acids is 1. The molecule has 1 N–H and O–H groups in total. The van der Waals surface area contributed by atoms with E-state index in [4.69, 9.17) is 5.11 Å². The molecule has 0 aromatic heterocycles. The number of carboxylic acids is 1. The van der Waals surface area contributed by atoms with E-state index >= 15 is 0 Å². The van der Waals surface area contributed by atoms with Gasteiger partial charge < -0.3 is 10.0 Å². The third-order valence-electron chi connectivity index (χ3n) is 4.12. The van der Waals surface area contributed by atoms with E-state index in [1.807, 2.05) is 4.90 Å². The van der Waals surface area contributed by atoms with E-state index in [-0.39, 0.29) is 11.8 Å². The second kappa shape index (κ2) is 5.72. The van der Waals surface area contributed by atoms with Crippen LogP contribution < -0.4 is 0 Å². The second-order valence-electron chi connectivity index (χ2n) is 5.80. The standard InChI is InChI=1S/C14H23NO3/c1-10(14(17)18)9-15(12-7-8-12)13(16)11-5-3-2-4-6-11/h10-12H,2-9H2,1H3,(H,17,18)/t10-/m1/s1. The molecule has 0 aromatic carbocycles. The second-order valence-corrected chi connectivity index (χ2v) is 5.80. The van der Waals surface area contributed by atoms with Crippen LogP contribution in [0.25, 0.3) is 0 Å². The summed E-state index contributed by atoms with van der Waals surface area (Å²) in [5.74, 6) is -0.902. The van der Waals surface area contributed by atoms with E-state index in [0.717, 1.165) is 38.5 Å². The van der Waals surface area contributed by atoms with Crippen molar-refractivity contribution >= 4 is 11.9 Å². The Hall–Kier alpha value is -1.06. The molecule has 1 atom stereocenters. The highest BCUT2D eigenvalue weighted by Gasteiger charge is 2.37. The van der Waals surface area contributed by atoms with Crippen molar-refractivity contribution in [2.75, 3.05) is 6.54 Å². The van der Waals surface area contributed by atoms with E-state index < -0.39 is 11.9 Å². The van der Waals surface area contributed by atoms with Crippen LogP contribution in [0.3, 0.4) is 0 Å². The Morgan fingerprint density at radius 2 is 1.78 bits per heavy atom. The van der Waals surface area contributed by atoms with E-state index in [0.29, 0.717) is 12.6 Å². The van der Waals surface area contributed by atoms with E-state index in [9.17, 15) is 9.59 Å². The predicted octanol–water partition coefficient (Wildman–Crippen LogP) is 2.28. The highest BCUT2D eigenvalue weighted by Crippen LogP contribution is 2.32. The molecule has 0 bridgehead atoms. The van der Waals surface area contributed by atoms with Crippen LogP contribution in [0.15, 0.2) is 0 Å². The molecule has 0 saturated heterocycles. The molecule has 2 aliphatic carbocycles. The van der Waals surface area contributed by atoms with Crippen LogP contribution in [0.1, 0.15) is 51.9 Å². The molecule has 0 aliphatic heterocycles. The lowest BCUT2D eigenvalue weighted by molar-refractivity contribution is -0.144. The van der Waals surface area contributed by atoms with Crippen molar-refractivity contribution in [3.63, 3.8) is 0 Å². The molecule has 0 unspecified atom stereocenters. The third kappa shape index (κ3) is 3.24. The fraction of sp³-hybridized carbons (Fsp3) is 0.857. The minimum Gasteiger partial charge on any atom is -0.481 e. The van der Waals surface area contributed by atoms with Crippen LogP contribution in [-0.4, -0.2) is 34.5 Å². The molecule has 4 heteroatoms. The van der Waals surface area contributed by atoms with Crippen LogP contribution in [-0.2, 0) is 9.59 Å². The zero-order chi connectivity index (χ0) is 13.1. The molecular formula is C14H23NO3. The Morgan fingerprint density at radius 3 is 2.28 bits per heavy atom. The summed E-state index contributed by atoms with van der Waals surface area (Å²) >= 11 is 0. The molecule has 2 rings (SSSR count). The van der Waals surface area contributed by atoms with Crippen molar-refractivity contribution in [2.24, 2.45) is 11.8 Å².